The number of hydrogen-bond donors (Lipinski definition) is 2. The van der Waals surface area contributed by atoms with Crippen LogP contribution < -0.4 is 10.6 Å². The molecule has 3 aromatic rings. The summed E-state index contributed by atoms with van der Waals surface area (Å²) < 4.78 is 21.3. The number of nitriles is 1. The molecule has 0 unspecified atom stereocenters. The summed E-state index contributed by atoms with van der Waals surface area (Å²) in [5.41, 5.74) is 2.51. The Kier molecular flexibility index (Phi) is 6.60. The van der Waals surface area contributed by atoms with Gasteiger partial charge in [0, 0.05) is 29.9 Å². The minimum absolute atomic E-state index is 0.0403. The van der Waals surface area contributed by atoms with Gasteiger partial charge in [-0.3, -0.25) is 4.79 Å². The minimum Gasteiger partial charge on any atom is -0.382 e. The van der Waals surface area contributed by atoms with E-state index < -0.39 is 5.91 Å². The third-order valence-electron chi connectivity index (χ3n) is 5.22. The van der Waals surface area contributed by atoms with Crippen LogP contribution in [0.5, 0.6) is 0 Å². The number of hydrogen-bond acceptors (Lipinski definition) is 7. The van der Waals surface area contributed by atoms with Crippen molar-refractivity contribution in [2.24, 2.45) is 0 Å². The molecule has 0 bridgehead atoms. The summed E-state index contributed by atoms with van der Waals surface area (Å²) in [6.45, 7) is 4.72. The first-order valence-electron chi connectivity index (χ1n) is 10.7. The van der Waals surface area contributed by atoms with Gasteiger partial charge in [-0.25, -0.2) is 14.4 Å². The highest BCUT2D eigenvalue weighted by Crippen LogP contribution is 2.23. The summed E-state index contributed by atoms with van der Waals surface area (Å²) in [5.74, 6) is -0.292. The second-order valence-electron chi connectivity index (χ2n) is 8.00. The van der Waals surface area contributed by atoms with Crippen molar-refractivity contribution in [3.05, 3.63) is 53.3 Å². The summed E-state index contributed by atoms with van der Waals surface area (Å²) in [6, 6.07) is 5.49. The first-order valence-corrected chi connectivity index (χ1v) is 10.7. The Morgan fingerprint density at radius 2 is 2.03 bits per heavy atom. The van der Waals surface area contributed by atoms with Crippen molar-refractivity contribution in [1.29, 1.82) is 5.26 Å². The molecular formula is C23H24FN7O2. The smallest absolute Gasteiger partial charge is 0.255 e. The number of nitrogens with one attached hydrogen (secondary N) is 2. The summed E-state index contributed by atoms with van der Waals surface area (Å²) in [4.78, 5) is 21.5. The van der Waals surface area contributed by atoms with E-state index in [1.54, 1.807) is 23.0 Å². The third kappa shape index (κ3) is 4.99. The van der Waals surface area contributed by atoms with Crippen molar-refractivity contribution in [3.8, 4) is 11.9 Å². The highest BCUT2D eigenvalue weighted by molar-refractivity contribution is 5.99. The van der Waals surface area contributed by atoms with E-state index in [-0.39, 0.29) is 18.4 Å². The van der Waals surface area contributed by atoms with Crippen LogP contribution in [0.15, 0.2) is 42.1 Å². The summed E-state index contributed by atoms with van der Waals surface area (Å²) in [5, 5.41) is 20.0. The van der Waals surface area contributed by atoms with Crippen LogP contribution in [0, 0.1) is 11.3 Å². The molecule has 4 heterocycles. The van der Waals surface area contributed by atoms with E-state index in [4.69, 9.17) is 10.00 Å². The maximum absolute atomic E-state index is 14.5. The molecule has 0 aliphatic carbocycles. The number of amides is 1. The molecule has 3 aromatic heterocycles. The predicted molar refractivity (Wildman–Crippen MR) is 121 cm³/mol. The van der Waals surface area contributed by atoms with Gasteiger partial charge in [0.05, 0.1) is 42.8 Å². The van der Waals surface area contributed by atoms with Crippen LogP contribution in [-0.4, -0.2) is 51.5 Å². The highest BCUT2D eigenvalue weighted by Gasteiger charge is 2.18. The number of rotatable bonds is 6. The number of ether oxygens (including phenoxy) is 1. The Hall–Kier alpha value is -3.84. The number of anilines is 1. The van der Waals surface area contributed by atoms with Crippen LogP contribution in [0.3, 0.4) is 0 Å². The second-order valence-corrected chi connectivity index (χ2v) is 8.00. The van der Waals surface area contributed by atoms with Gasteiger partial charge in [0.25, 0.3) is 5.91 Å². The molecule has 33 heavy (non-hydrogen) atoms. The highest BCUT2D eigenvalue weighted by atomic mass is 19.1. The molecule has 0 aromatic carbocycles. The van der Waals surface area contributed by atoms with Crippen LogP contribution in [0.25, 0.3) is 16.9 Å². The zero-order valence-corrected chi connectivity index (χ0v) is 18.4. The van der Waals surface area contributed by atoms with Crippen molar-refractivity contribution in [2.75, 3.05) is 25.1 Å². The molecule has 170 valence electrons. The summed E-state index contributed by atoms with van der Waals surface area (Å²) in [6.07, 6.45) is 5.59. The van der Waals surface area contributed by atoms with Crippen molar-refractivity contribution in [1.82, 2.24) is 25.1 Å². The van der Waals surface area contributed by atoms with Gasteiger partial charge in [-0.05, 0) is 38.3 Å². The zero-order chi connectivity index (χ0) is 23.4. The average Bonchev–Trinajstić information content (AvgIpc) is 3.25. The molecule has 1 fully saturated rings. The van der Waals surface area contributed by atoms with E-state index in [1.807, 2.05) is 13.8 Å². The van der Waals surface area contributed by atoms with Crippen molar-refractivity contribution in [2.45, 2.75) is 32.7 Å². The Morgan fingerprint density at radius 1 is 1.24 bits per heavy atom. The van der Waals surface area contributed by atoms with Gasteiger partial charge in [-0.1, -0.05) is 0 Å². The first-order chi connectivity index (χ1) is 16.0. The molecule has 4 rings (SSSR count). The molecule has 1 saturated heterocycles. The maximum atomic E-state index is 14.5. The second kappa shape index (κ2) is 9.75. The zero-order valence-electron chi connectivity index (χ0n) is 18.4. The standard InChI is InChI=1S/C23H24FN7O2/c1-14(2)30-20-8-21(31-22-17(11-29-31)7-15(9-25)10-27-22)26-12-18(20)23(32)28-13-19(24)16-3-5-33-6-4-16/h7-8,10-12,14H,3-6,13H2,1-2H3,(H,26,30)(H,28,32). The maximum Gasteiger partial charge on any atom is 0.255 e. The van der Waals surface area contributed by atoms with Crippen LogP contribution in [0.4, 0.5) is 10.1 Å². The lowest BCUT2D eigenvalue weighted by Crippen LogP contribution is -2.27. The van der Waals surface area contributed by atoms with Crippen LogP contribution in [-0.2, 0) is 4.74 Å². The molecule has 2 N–H and O–H groups in total. The number of carbonyl (C=O) groups is 1. The Labute approximate surface area is 190 Å². The van der Waals surface area contributed by atoms with E-state index >= 15 is 0 Å². The lowest BCUT2D eigenvalue weighted by molar-refractivity contribution is 0.0954. The molecule has 1 aliphatic heterocycles. The molecule has 1 aliphatic rings. The van der Waals surface area contributed by atoms with Crippen LogP contribution >= 0.6 is 0 Å². The Balaban J connectivity index is 1.60. The molecule has 0 atom stereocenters. The van der Waals surface area contributed by atoms with E-state index in [0.29, 0.717) is 65.3 Å². The topological polar surface area (TPSA) is 118 Å². The van der Waals surface area contributed by atoms with Gasteiger partial charge in [-0.2, -0.15) is 15.0 Å². The van der Waals surface area contributed by atoms with Gasteiger partial charge < -0.3 is 15.4 Å². The normalized spacial score (nSPS) is 13.7. The molecule has 0 saturated carbocycles. The van der Waals surface area contributed by atoms with Gasteiger partial charge in [0.2, 0.25) is 0 Å². The predicted octanol–water partition coefficient (Wildman–Crippen LogP) is 3.27. The van der Waals surface area contributed by atoms with Gasteiger partial charge in [-0.15, -0.1) is 0 Å². The lowest BCUT2D eigenvalue weighted by Gasteiger charge is -2.17. The fraction of sp³-hybridized carbons (Fsp3) is 0.348. The van der Waals surface area contributed by atoms with Gasteiger partial charge >= 0.3 is 0 Å². The Bertz CT molecular complexity index is 1250. The average molecular weight is 449 g/mol. The third-order valence-corrected chi connectivity index (χ3v) is 5.22. The number of carbonyl (C=O) groups excluding carboxylic acids is 1. The molecular weight excluding hydrogens is 425 g/mol. The van der Waals surface area contributed by atoms with E-state index in [2.05, 4.69) is 31.8 Å². The molecule has 1 amide bonds. The molecule has 9 nitrogen and oxygen atoms in total. The van der Waals surface area contributed by atoms with E-state index in [0.717, 1.165) is 0 Å². The number of aromatic nitrogens is 4. The molecule has 10 heteroatoms. The lowest BCUT2D eigenvalue weighted by atomic mass is 10.1. The van der Waals surface area contributed by atoms with Gasteiger partial charge in [0.1, 0.15) is 11.9 Å². The summed E-state index contributed by atoms with van der Waals surface area (Å²) >= 11 is 0. The number of fused-ring (bicyclic) bond motifs is 1. The first kappa shape index (κ1) is 22.4. The van der Waals surface area contributed by atoms with Crippen LogP contribution in [0.1, 0.15) is 42.6 Å². The quantitative estimate of drug-likeness (QED) is 0.593. The number of nitrogens with zero attached hydrogens (tertiary/aromatic N) is 5. The van der Waals surface area contributed by atoms with Crippen molar-refractivity contribution in [3.63, 3.8) is 0 Å². The van der Waals surface area contributed by atoms with Crippen molar-refractivity contribution >= 4 is 22.6 Å². The monoisotopic (exact) mass is 449 g/mol. The number of halogens is 1. The SMILES string of the molecule is CC(C)Nc1cc(-n2ncc3cc(C#N)cnc32)ncc1C(=O)NCC(F)=C1CCOCC1. The minimum atomic E-state index is -0.429. The van der Waals surface area contributed by atoms with E-state index in [1.165, 1.54) is 12.4 Å². The Morgan fingerprint density at radius 3 is 2.76 bits per heavy atom. The van der Waals surface area contributed by atoms with Gasteiger partial charge in [0.15, 0.2) is 11.5 Å². The number of pyridine rings is 2. The van der Waals surface area contributed by atoms with Crippen molar-refractivity contribution < 1.29 is 13.9 Å². The summed E-state index contributed by atoms with van der Waals surface area (Å²) in [7, 11) is 0. The fourth-order valence-electron chi connectivity index (χ4n) is 3.59. The molecule has 0 spiro atoms. The van der Waals surface area contributed by atoms with Crippen LogP contribution in [0.2, 0.25) is 0 Å². The largest absolute Gasteiger partial charge is 0.382 e. The van der Waals surface area contributed by atoms with E-state index in [9.17, 15) is 9.18 Å². The fourth-order valence-corrected chi connectivity index (χ4v) is 3.59. The molecule has 0 radical (unpaired) electrons.